The maximum atomic E-state index is 6.27. The van der Waals surface area contributed by atoms with Crippen molar-refractivity contribution >= 4 is 11.6 Å². The Balaban J connectivity index is 2.00. The van der Waals surface area contributed by atoms with Crippen LogP contribution >= 0.6 is 11.6 Å². The Bertz CT molecular complexity index is 399. The Kier molecular flexibility index (Phi) is 4.65. The highest BCUT2D eigenvalue weighted by Gasteiger charge is 2.20. The van der Waals surface area contributed by atoms with Crippen molar-refractivity contribution in [2.45, 2.75) is 39.3 Å². The lowest BCUT2D eigenvalue weighted by atomic mass is 10.2. The van der Waals surface area contributed by atoms with Crippen LogP contribution in [0.2, 0.25) is 5.15 Å². The molecule has 1 aliphatic heterocycles. The summed E-state index contributed by atoms with van der Waals surface area (Å²) in [7, 11) is 1.88. The van der Waals surface area contributed by atoms with Crippen LogP contribution in [-0.2, 0) is 18.3 Å². The van der Waals surface area contributed by atoms with Gasteiger partial charge in [-0.25, -0.2) is 0 Å². The number of aromatic nitrogens is 2. The normalized spacial score (nSPS) is 19.9. The van der Waals surface area contributed by atoms with E-state index in [2.05, 4.69) is 16.9 Å². The van der Waals surface area contributed by atoms with Crippen LogP contribution < -0.4 is 0 Å². The van der Waals surface area contributed by atoms with Crippen molar-refractivity contribution in [3.05, 3.63) is 16.4 Å². The molecule has 1 atom stereocenters. The van der Waals surface area contributed by atoms with Gasteiger partial charge in [-0.1, -0.05) is 18.5 Å². The fourth-order valence-corrected chi connectivity index (χ4v) is 2.69. The van der Waals surface area contributed by atoms with Gasteiger partial charge in [0.1, 0.15) is 5.15 Å². The van der Waals surface area contributed by atoms with Gasteiger partial charge in [0.2, 0.25) is 0 Å². The number of rotatable bonds is 5. The molecule has 2 heterocycles. The molecule has 5 heteroatoms. The van der Waals surface area contributed by atoms with Crippen LogP contribution in [0.1, 0.15) is 31.0 Å². The third-order valence-corrected chi connectivity index (χ3v) is 4.06. The molecule has 4 nitrogen and oxygen atoms in total. The number of hydrogen-bond acceptors (Lipinski definition) is 3. The minimum absolute atomic E-state index is 0.390. The van der Waals surface area contributed by atoms with Crippen molar-refractivity contribution in [1.29, 1.82) is 0 Å². The second-order valence-electron chi connectivity index (χ2n) is 4.94. The monoisotopic (exact) mass is 271 g/mol. The number of hydrogen-bond donors (Lipinski definition) is 0. The van der Waals surface area contributed by atoms with E-state index < -0.39 is 0 Å². The average molecular weight is 272 g/mol. The summed E-state index contributed by atoms with van der Waals surface area (Å²) >= 11 is 6.27. The van der Waals surface area contributed by atoms with Crippen molar-refractivity contribution in [2.24, 2.45) is 7.05 Å². The molecule has 0 bridgehead atoms. The molecule has 1 saturated heterocycles. The molecule has 0 N–H and O–H groups in total. The Hall–Kier alpha value is -0.580. The number of likely N-dealkylation sites (N-methyl/N-ethyl adjacent to an activating group) is 1. The first kappa shape index (κ1) is 13.8. The molecule has 1 aromatic heterocycles. The Morgan fingerprint density at radius 3 is 2.83 bits per heavy atom. The number of ether oxygens (including phenoxy) is 1. The van der Waals surface area contributed by atoms with E-state index in [0.29, 0.717) is 6.10 Å². The maximum absolute atomic E-state index is 6.27. The highest BCUT2D eigenvalue weighted by atomic mass is 35.5. The highest BCUT2D eigenvalue weighted by molar-refractivity contribution is 6.30. The molecule has 1 aromatic rings. The molecular formula is C13H22ClN3O. The van der Waals surface area contributed by atoms with Crippen LogP contribution in [0.4, 0.5) is 0 Å². The topological polar surface area (TPSA) is 30.3 Å². The van der Waals surface area contributed by atoms with Crippen molar-refractivity contribution in [2.75, 3.05) is 19.7 Å². The lowest BCUT2D eigenvalue weighted by Gasteiger charge is -2.23. The highest BCUT2D eigenvalue weighted by Crippen LogP contribution is 2.21. The van der Waals surface area contributed by atoms with E-state index in [1.54, 1.807) is 4.68 Å². The number of nitrogens with zero attached hydrogens (tertiary/aromatic N) is 3. The zero-order valence-electron chi connectivity index (χ0n) is 11.4. The van der Waals surface area contributed by atoms with Gasteiger partial charge < -0.3 is 4.74 Å². The Morgan fingerprint density at radius 2 is 2.33 bits per heavy atom. The maximum Gasteiger partial charge on any atom is 0.131 e. The van der Waals surface area contributed by atoms with Crippen LogP contribution in [0.15, 0.2) is 0 Å². The Labute approximate surface area is 114 Å². The first-order valence-electron chi connectivity index (χ1n) is 6.63. The summed E-state index contributed by atoms with van der Waals surface area (Å²) in [6, 6.07) is 0. The first-order valence-corrected chi connectivity index (χ1v) is 7.01. The van der Waals surface area contributed by atoms with Gasteiger partial charge in [-0.3, -0.25) is 9.58 Å². The summed E-state index contributed by atoms with van der Waals surface area (Å²) in [6.45, 7) is 7.95. The fraction of sp³-hybridized carbons (Fsp3) is 0.769. The van der Waals surface area contributed by atoms with Gasteiger partial charge in [-0.2, -0.15) is 5.10 Å². The van der Waals surface area contributed by atoms with Crippen LogP contribution in [-0.4, -0.2) is 40.5 Å². The van der Waals surface area contributed by atoms with Gasteiger partial charge in [0.25, 0.3) is 0 Å². The minimum Gasteiger partial charge on any atom is -0.377 e. The quantitative estimate of drug-likeness (QED) is 0.824. The molecule has 1 unspecified atom stereocenters. The summed E-state index contributed by atoms with van der Waals surface area (Å²) in [6.07, 6.45) is 2.76. The molecular weight excluding hydrogens is 250 g/mol. The predicted molar refractivity (Wildman–Crippen MR) is 72.9 cm³/mol. The van der Waals surface area contributed by atoms with Gasteiger partial charge in [-0.15, -0.1) is 0 Å². The van der Waals surface area contributed by atoms with E-state index in [1.165, 1.54) is 12.8 Å². The van der Waals surface area contributed by atoms with Crippen molar-refractivity contribution in [3.63, 3.8) is 0 Å². The zero-order chi connectivity index (χ0) is 13.1. The van der Waals surface area contributed by atoms with Gasteiger partial charge >= 0.3 is 0 Å². The van der Waals surface area contributed by atoms with Crippen LogP contribution in [0.5, 0.6) is 0 Å². The average Bonchev–Trinajstić information content (AvgIpc) is 2.92. The molecule has 0 aromatic carbocycles. The molecule has 2 rings (SSSR count). The summed E-state index contributed by atoms with van der Waals surface area (Å²) in [5.74, 6) is 0. The second-order valence-corrected chi connectivity index (χ2v) is 5.30. The van der Waals surface area contributed by atoms with Crippen molar-refractivity contribution in [1.82, 2.24) is 14.7 Å². The predicted octanol–water partition coefficient (Wildman–Crippen LogP) is 2.38. The van der Waals surface area contributed by atoms with Crippen LogP contribution in [0, 0.1) is 6.92 Å². The van der Waals surface area contributed by atoms with E-state index in [0.717, 1.165) is 42.7 Å². The van der Waals surface area contributed by atoms with Crippen molar-refractivity contribution in [3.8, 4) is 0 Å². The molecule has 0 amide bonds. The third kappa shape index (κ3) is 3.05. The number of aryl methyl sites for hydroxylation is 2. The van der Waals surface area contributed by atoms with Gasteiger partial charge in [0.15, 0.2) is 0 Å². The van der Waals surface area contributed by atoms with Gasteiger partial charge in [0, 0.05) is 32.3 Å². The molecule has 102 valence electrons. The first-order chi connectivity index (χ1) is 8.61. The van der Waals surface area contributed by atoms with Crippen molar-refractivity contribution < 1.29 is 4.74 Å². The Morgan fingerprint density at radius 1 is 1.56 bits per heavy atom. The molecule has 0 saturated carbocycles. The lowest BCUT2D eigenvalue weighted by Crippen LogP contribution is -2.31. The fourth-order valence-electron chi connectivity index (χ4n) is 2.46. The standard InChI is InChI=1S/C13H22ClN3O/c1-4-17(8-11-6-5-7-18-11)9-12-10(2)15-16(3)13(12)14/h11H,4-9H2,1-3H3. The second kappa shape index (κ2) is 6.04. The molecule has 0 spiro atoms. The summed E-state index contributed by atoms with van der Waals surface area (Å²) in [4.78, 5) is 2.38. The minimum atomic E-state index is 0.390. The summed E-state index contributed by atoms with van der Waals surface area (Å²) < 4.78 is 7.44. The molecule has 1 fully saturated rings. The smallest absolute Gasteiger partial charge is 0.131 e. The van der Waals surface area contributed by atoms with Crippen LogP contribution in [0.3, 0.4) is 0 Å². The van der Waals surface area contributed by atoms with E-state index in [-0.39, 0.29) is 0 Å². The zero-order valence-corrected chi connectivity index (χ0v) is 12.2. The molecule has 18 heavy (non-hydrogen) atoms. The van der Waals surface area contributed by atoms with E-state index in [9.17, 15) is 0 Å². The SMILES string of the molecule is CCN(Cc1c(C)nn(C)c1Cl)CC1CCCO1. The van der Waals surface area contributed by atoms with Crippen LogP contribution in [0.25, 0.3) is 0 Å². The summed E-state index contributed by atoms with van der Waals surface area (Å²) in [5.41, 5.74) is 2.16. The van der Waals surface area contributed by atoms with E-state index in [4.69, 9.17) is 16.3 Å². The third-order valence-electron chi connectivity index (χ3n) is 3.58. The number of halogens is 1. The summed E-state index contributed by atoms with van der Waals surface area (Å²) in [5, 5.41) is 5.10. The molecule has 1 aliphatic rings. The van der Waals surface area contributed by atoms with Gasteiger partial charge in [-0.05, 0) is 26.3 Å². The van der Waals surface area contributed by atoms with E-state index in [1.807, 2.05) is 14.0 Å². The van der Waals surface area contributed by atoms with E-state index >= 15 is 0 Å². The van der Waals surface area contributed by atoms with Gasteiger partial charge in [0.05, 0.1) is 11.8 Å². The molecule has 0 aliphatic carbocycles. The molecule has 0 radical (unpaired) electrons. The lowest BCUT2D eigenvalue weighted by molar-refractivity contribution is 0.0724. The largest absolute Gasteiger partial charge is 0.377 e.